The Balaban J connectivity index is 2.04. The van der Waals surface area contributed by atoms with Crippen LogP contribution in [0, 0.1) is 11.2 Å². The van der Waals surface area contributed by atoms with Crippen molar-refractivity contribution in [3.63, 3.8) is 0 Å². The summed E-state index contributed by atoms with van der Waals surface area (Å²) in [6.45, 7) is 5.91. The summed E-state index contributed by atoms with van der Waals surface area (Å²) >= 11 is 0. The molecule has 1 atom stereocenters. The Kier molecular flexibility index (Phi) is 3.79. The van der Waals surface area contributed by atoms with Crippen LogP contribution >= 0.6 is 0 Å². The highest BCUT2D eigenvalue weighted by atomic mass is 19.1. The van der Waals surface area contributed by atoms with Crippen LogP contribution in [0.2, 0.25) is 0 Å². The number of hydrogen-bond acceptors (Lipinski definition) is 2. The van der Waals surface area contributed by atoms with Crippen LogP contribution in [0.3, 0.4) is 0 Å². The first-order valence-electron chi connectivity index (χ1n) is 6.64. The van der Waals surface area contributed by atoms with Crippen LogP contribution in [-0.4, -0.2) is 24.4 Å². The first-order chi connectivity index (χ1) is 9.27. The minimum Gasteiger partial charge on any atom is -0.351 e. The van der Waals surface area contributed by atoms with Gasteiger partial charge in [0, 0.05) is 24.1 Å². The third-order valence-electron chi connectivity index (χ3n) is 3.28. The average Bonchev–Trinajstić information content (AvgIpc) is 2.70. The number of benzene rings is 1. The number of carbonyl (C=O) groups is 2. The minimum absolute atomic E-state index is 0.0594. The molecule has 2 rings (SSSR count). The normalized spacial score (nSPS) is 19.3. The lowest BCUT2D eigenvalue weighted by Crippen LogP contribution is -2.43. The third-order valence-corrected chi connectivity index (χ3v) is 3.28. The Morgan fingerprint density at radius 1 is 1.30 bits per heavy atom. The van der Waals surface area contributed by atoms with Gasteiger partial charge in [-0.2, -0.15) is 0 Å². The quantitative estimate of drug-likeness (QED) is 0.900. The van der Waals surface area contributed by atoms with E-state index in [1.54, 1.807) is 17.0 Å². The number of amides is 2. The molecule has 0 aliphatic carbocycles. The molecule has 0 aromatic heterocycles. The smallest absolute Gasteiger partial charge is 0.229 e. The van der Waals surface area contributed by atoms with Gasteiger partial charge in [0.15, 0.2) is 0 Å². The first-order valence-corrected chi connectivity index (χ1v) is 6.64. The maximum atomic E-state index is 12.9. The van der Waals surface area contributed by atoms with Gasteiger partial charge in [-0.25, -0.2) is 4.39 Å². The number of anilines is 1. The van der Waals surface area contributed by atoms with E-state index in [9.17, 15) is 14.0 Å². The summed E-state index contributed by atoms with van der Waals surface area (Å²) < 4.78 is 12.9. The molecule has 108 valence electrons. The van der Waals surface area contributed by atoms with E-state index in [2.05, 4.69) is 5.32 Å². The highest BCUT2D eigenvalue weighted by molar-refractivity contribution is 5.97. The van der Waals surface area contributed by atoms with Gasteiger partial charge in [0.1, 0.15) is 5.82 Å². The van der Waals surface area contributed by atoms with Crippen molar-refractivity contribution in [3.05, 3.63) is 30.1 Å². The molecule has 1 aliphatic heterocycles. The second-order valence-corrected chi connectivity index (χ2v) is 6.11. The van der Waals surface area contributed by atoms with Gasteiger partial charge >= 0.3 is 0 Å². The zero-order valence-electron chi connectivity index (χ0n) is 11.9. The Hall–Kier alpha value is -1.91. The molecular weight excluding hydrogens is 259 g/mol. The molecule has 1 fully saturated rings. The zero-order valence-corrected chi connectivity index (χ0v) is 11.9. The van der Waals surface area contributed by atoms with Crippen LogP contribution in [0.5, 0.6) is 0 Å². The number of nitrogens with zero attached hydrogens (tertiary/aromatic N) is 1. The van der Waals surface area contributed by atoms with E-state index in [0.29, 0.717) is 12.2 Å². The number of rotatable bonds is 2. The summed E-state index contributed by atoms with van der Waals surface area (Å²) in [5.41, 5.74) is 0.177. The SMILES string of the molecule is CC(C)(C)C(=O)NC1CC(=O)N(c2ccc(F)cc2)C1. The maximum absolute atomic E-state index is 12.9. The molecular formula is C15H19FN2O2. The predicted molar refractivity (Wildman–Crippen MR) is 74.8 cm³/mol. The van der Waals surface area contributed by atoms with Gasteiger partial charge < -0.3 is 10.2 Å². The summed E-state index contributed by atoms with van der Waals surface area (Å²) in [4.78, 5) is 25.5. The summed E-state index contributed by atoms with van der Waals surface area (Å²) in [5, 5.41) is 2.88. The van der Waals surface area contributed by atoms with E-state index in [-0.39, 0.29) is 30.1 Å². The van der Waals surface area contributed by atoms with Crippen molar-refractivity contribution < 1.29 is 14.0 Å². The Morgan fingerprint density at radius 2 is 1.90 bits per heavy atom. The van der Waals surface area contributed by atoms with E-state index in [1.807, 2.05) is 20.8 Å². The molecule has 1 aromatic rings. The van der Waals surface area contributed by atoms with Gasteiger partial charge in [0.2, 0.25) is 11.8 Å². The van der Waals surface area contributed by atoms with E-state index in [4.69, 9.17) is 0 Å². The summed E-state index contributed by atoms with van der Waals surface area (Å²) in [7, 11) is 0. The molecule has 1 unspecified atom stereocenters. The molecule has 5 heteroatoms. The summed E-state index contributed by atoms with van der Waals surface area (Å²) in [6, 6.07) is 5.59. The summed E-state index contributed by atoms with van der Waals surface area (Å²) in [6.07, 6.45) is 0.277. The van der Waals surface area contributed by atoms with Crippen molar-refractivity contribution >= 4 is 17.5 Å². The molecule has 4 nitrogen and oxygen atoms in total. The van der Waals surface area contributed by atoms with Gasteiger partial charge in [-0.1, -0.05) is 20.8 Å². The molecule has 1 N–H and O–H groups in total. The summed E-state index contributed by atoms with van der Waals surface area (Å²) in [5.74, 6) is -0.468. The van der Waals surface area contributed by atoms with E-state index in [0.717, 1.165) is 0 Å². The van der Waals surface area contributed by atoms with Crippen molar-refractivity contribution in [1.82, 2.24) is 5.32 Å². The lowest BCUT2D eigenvalue weighted by Gasteiger charge is -2.21. The van der Waals surface area contributed by atoms with Crippen LogP contribution in [0.4, 0.5) is 10.1 Å². The van der Waals surface area contributed by atoms with Crippen molar-refractivity contribution in [2.75, 3.05) is 11.4 Å². The Bertz CT molecular complexity index is 520. The van der Waals surface area contributed by atoms with Crippen LogP contribution in [0.1, 0.15) is 27.2 Å². The standard InChI is InChI=1S/C15H19FN2O2/c1-15(2,3)14(20)17-11-8-13(19)18(9-11)12-6-4-10(16)5-7-12/h4-7,11H,8-9H2,1-3H3,(H,17,20). The van der Waals surface area contributed by atoms with Gasteiger partial charge in [0.05, 0.1) is 6.04 Å². The van der Waals surface area contributed by atoms with Crippen LogP contribution in [-0.2, 0) is 9.59 Å². The Morgan fingerprint density at radius 3 is 2.45 bits per heavy atom. The molecule has 1 aromatic carbocycles. The predicted octanol–water partition coefficient (Wildman–Crippen LogP) is 2.09. The largest absolute Gasteiger partial charge is 0.351 e. The van der Waals surface area contributed by atoms with Gasteiger partial charge in [-0.05, 0) is 24.3 Å². The molecule has 0 spiro atoms. The molecule has 0 saturated carbocycles. The minimum atomic E-state index is -0.480. The Labute approximate surface area is 118 Å². The monoisotopic (exact) mass is 278 g/mol. The lowest BCUT2D eigenvalue weighted by molar-refractivity contribution is -0.129. The van der Waals surface area contributed by atoms with Crippen molar-refractivity contribution in [2.24, 2.45) is 5.41 Å². The molecule has 20 heavy (non-hydrogen) atoms. The lowest BCUT2D eigenvalue weighted by atomic mass is 9.95. The molecule has 0 radical (unpaired) electrons. The molecule has 2 amide bonds. The fraction of sp³-hybridized carbons (Fsp3) is 0.467. The topological polar surface area (TPSA) is 49.4 Å². The first kappa shape index (κ1) is 14.5. The average molecular weight is 278 g/mol. The second-order valence-electron chi connectivity index (χ2n) is 6.11. The zero-order chi connectivity index (χ0) is 14.9. The van der Waals surface area contributed by atoms with Gasteiger partial charge in [-0.15, -0.1) is 0 Å². The van der Waals surface area contributed by atoms with Crippen LogP contribution < -0.4 is 10.2 Å². The van der Waals surface area contributed by atoms with Crippen LogP contribution in [0.25, 0.3) is 0 Å². The van der Waals surface area contributed by atoms with Crippen molar-refractivity contribution in [2.45, 2.75) is 33.2 Å². The van der Waals surface area contributed by atoms with Crippen LogP contribution in [0.15, 0.2) is 24.3 Å². The molecule has 1 aliphatic rings. The van der Waals surface area contributed by atoms with Gasteiger partial charge in [-0.3, -0.25) is 9.59 Å². The van der Waals surface area contributed by atoms with Crippen molar-refractivity contribution in [3.8, 4) is 0 Å². The highest BCUT2D eigenvalue weighted by Crippen LogP contribution is 2.23. The van der Waals surface area contributed by atoms with E-state index < -0.39 is 5.41 Å². The fourth-order valence-corrected chi connectivity index (χ4v) is 2.08. The maximum Gasteiger partial charge on any atom is 0.229 e. The molecule has 1 saturated heterocycles. The van der Waals surface area contributed by atoms with Gasteiger partial charge in [0.25, 0.3) is 0 Å². The van der Waals surface area contributed by atoms with E-state index >= 15 is 0 Å². The number of nitrogens with one attached hydrogen (secondary N) is 1. The number of carbonyl (C=O) groups excluding carboxylic acids is 2. The highest BCUT2D eigenvalue weighted by Gasteiger charge is 2.33. The molecule has 1 heterocycles. The molecule has 0 bridgehead atoms. The number of halogens is 1. The third kappa shape index (κ3) is 3.15. The number of hydrogen-bond donors (Lipinski definition) is 1. The van der Waals surface area contributed by atoms with E-state index in [1.165, 1.54) is 12.1 Å². The second kappa shape index (κ2) is 5.23. The fourth-order valence-electron chi connectivity index (χ4n) is 2.08. The van der Waals surface area contributed by atoms with Crippen molar-refractivity contribution in [1.29, 1.82) is 0 Å².